The summed E-state index contributed by atoms with van der Waals surface area (Å²) in [6, 6.07) is 15.0. The third-order valence-corrected chi connectivity index (χ3v) is 5.99. The average molecular weight is 409 g/mol. The van der Waals surface area contributed by atoms with E-state index in [0.29, 0.717) is 22.2 Å². The van der Waals surface area contributed by atoms with Crippen LogP contribution in [-0.2, 0) is 10.0 Å². The quantitative estimate of drug-likeness (QED) is 0.664. The zero-order chi connectivity index (χ0) is 18.7. The van der Waals surface area contributed by atoms with E-state index in [4.69, 9.17) is 21.5 Å². The van der Waals surface area contributed by atoms with Gasteiger partial charge in [0.1, 0.15) is 15.7 Å². The molecule has 6 nitrogen and oxygen atoms in total. The first-order chi connectivity index (χ1) is 12.3. The zero-order valence-corrected chi connectivity index (χ0v) is 15.6. The van der Waals surface area contributed by atoms with Gasteiger partial charge in [-0.1, -0.05) is 23.7 Å². The molecule has 0 radical (unpaired) electrons. The summed E-state index contributed by atoms with van der Waals surface area (Å²) < 4.78 is 28.2. The number of rotatable bonds is 5. The number of thiophene rings is 1. The van der Waals surface area contributed by atoms with E-state index in [2.05, 4.69) is 5.32 Å². The Hall–Kier alpha value is -2.39. The molecule has 2 aromatic carbocycles. The number of hydrogen-bond acceptors (Lipinski definition) is 5. The van der Waals surface area contributed by atoms with Gasteiger partial charge in [-0.25, -0.2) is 13.6 Å². The van der Waals surface area contributed by atoms with Gasteiger partial charge in [0.15, 0.2) is 0 Å². The number of benzene rings is 2. The zero-order valence-electron chi connectivity index (χ0n) is 13.2. The van der Waals surface area contributed by atoms with Gasteiger partial charge in [-0.3, -0.25) is 4.79 Å². The van der Waals surface area contributed by atoms with Gasteiger partial charge in [0.05, 0.1) is 10.6 Å². The predicted octanol–water partition coefficient (Wildman–Crippen LogP) is 4.09. The lowest BCUT2D eigenvalue weighted by Gasteiger charge is -2.08. The Labute approximate surface area is 159 Å². The van der Waals surface area contributed by atoms with Crippen LogP contribution in [0.1, 0.15) is 10.4 Å². The number of ether oxygens (including phenoxy) is 1. The van der Waals surface area contributed by atoms with Crippen molar-refractivity contribution in [2.75, 3.05) is 5.32 Å². The van der Waals surface area contributed by atoms with Gasteiger partial charge >= 0.3 is 0 Å². The molecule has 0 aliphatic heterocycles. The van der Waals surface area contributed by atoms with Crippen LogP contribution >= 0.6 is 22.9 Å². The minimum atomic E-state index is -3.82. The number of primary sulfonamides is 1. The maximum Gasteiger partial charge on any atom is 0.256 e. The molecule has 9 heteroatoms. The average Bonchev–Trinajstić information content (AvgIpc) is 3.09. The molecule has 1 amide bonds. The van der Waals surface area contributed by atoms with Crippen LogP contribution in [0.15, 0.2) is 64.2 Å². The molecule has 0 fully saturated rings. The van der Waals surface area contributed by atoms with Crippen LogP contribution in [-0.4, -0.2) is 14.3 Å². The van der Waals surface area contributed by atoms with Crippen molar-refractivity contribution in [2.24, 2.45) is 5.14 Å². The first kappa shape index (κ1) is 18.4. The smallest absolute Gasteiger partial charge is 0.256 e. The number of para-hydroxylation sites is 1. The van der Waals surface area contributed by atoms with Gasteiger partial charge in [0.25, 0.3) is 5.91 Å². The SMILES string of the molecule is NS(=O)(=O)c1cc(C(=O)Nc2ccc(Oc3ccccc3Cl)cc2)cs1. The summed E-state index contributed by atoms with van der Waals surface area (Å²) in [4.78, 5) is 12.2. The molecule has 0 spiro atoms. The maximum atomic E-state index is 12.2. The van der Waals surface area contributed by atoms with Gasteiger partial charge in [-0.15, -0.1) is 11.3 Å². The van der Waals surface area contributed by atoms with Crippen molar-refractivity contribution in [3.63, 3.8) is 0 Å². The second-order valence-electron chi connectivity index (χ2n) is 5.21. The second kappa shape index (κ2) is 7.46. The highest BCUT2D eigenvalue weighted by Gasteiger charge is 2.15. The molecule has 0 bridgehead atoms. The van der Waals surface area contributed by atoms with Crippen LogP contribution in [0.4, 0.5) is 5.69 Å². The van der Waals surface area contributed by atoms with Gasteiger partial charge in [-0.2, -0.15) is 0 Å². The number of anilines is 1. The molecule has 3 N–H and O–H groups in total. The van der Waals surface area contributed by atoms with Gasteiger partial charge in [0.2, 0.25) is 10.0 Å². The largest absolute Gasteiger partial charge is 0.456 e. The van der Waals surface area contributed by atoms with Crippen molar-refractivity contribution in [1.29, 1.82) is 0 Å². The van der Waals surface area contributed by atoms with Crippen LogP contribution < -0.4 is 15.2 Å². The van der Waals surface area contributed by atoms with Crippen molar-refractivity contribution < 1.29 is 17.9 Å². The number of nitrogens with one attached hydrogen (secondary N) is 1. The van der Waals surface area contributed by atoms with E-state index in [1.54, 1.807) is 42.5 Å². The molecule has 3 rings (SSSR count). The summed E-state index contributed by atoms with van der Waals surface area (Å²) in [7, 11) is -3.82. The Kier molecular flexibility index (Phi) is 5.28. The van der Waals surface area contributed by atoms with E-state index in [9.17, 15) is 13.2 Å². The molecule has 0 aliphatic carbocycles. The number of nitrogens with two attached hydrogens (primary N) is 1. The number of amides is 1. The Bertz CT molecular complexity index is 1050. The molecular weight excluding hydrogens is 396 g/mol. The fraction of sp³-hybridized carbons (Fsp3) is 0. The highest BCUT2D eigenvalue weighted by atomic mass is 35.5. The first-order valence-corrected chi connectivity index (χ1v) is 10.1. The Balaban J connectivity index is 1.68. The Morgan fingerprint density at radius 1 is 1.12 bits per heavy atom. The standard InChI is InChI=1S/C17H13ClN2O4S2/c18-14-3-1-2-4-15(14)24-13-7-5-12(6-8-13)20-17(21)11-9-16(25-10-11)26(19,22)23/h1-10H,(H,20,21)(H2,19,22,23). The van der Waals surface area contributed by atoms with Crippen LogP contribution in [0.5, 0.6) is 11.5 Å². The number of carbonyl (C=O) groups is 1. The summed E-state index contributed by atoms with van der Waals surface area (Å²) in [6.45, 7) is 0. The molecule has 0 saturated carbocycles. The number of halogens is 1. The molecule has 1 heterocycles. The van der Waals surface area contributed by atoms with Gasteiger partial charge in [0, 0.05) is 11.1 Å². The monoisotopic (exact) mass is 408 g/mol. The van der Waals surface area contributed by atoms with Crippen LogP contribution in [0, 0.1) is 0 Å². The predicted molar refractivity (Wildman–Crippen MR) is 102 cm³/mol. The Morgan fingerprint density at radius 2 is 1.81 bits per heavy atom. The first-order valence-electron chi connectivity index (χ1n) is 7.28. The van der Waals surface area contributed by atoms with Crippen molar-refractivity contribution in [2.45, 2.75) is 4.21 Å². The highest BCUT2D eigenvalue weighted by Crippen LogP contribution is 2.29. The molecule has 1 aromatic heterocycles. The molecule has 0 aliphatic rings. The van der Waals surface area contributed by atoms with Gasteiger partial charge in [-0.05, 0) is 42.5 Å². The molecular formula is C17H13ClN2O4S2. The van der Waals surface area contributed by atoms with Crippen molar-refractivity contribution in [1.82, 2.24) is 0 Å². The lowest BCUT2D eigenvalue weighted by atomic mass is 10.2. The molecule has 0 atom stereocenters. The summed E-state index contributed by atoms with van der Waals surface area (Å²) >= 11 is 6.94. The van der Waals surface area contributed by atoms with Crippen LogP contribution in [0.25, 0.3) is 0 Å². The fourth-order valence-corrected chi connectivity index (χ4v) is 3.81. The fourth-order valence-electron chi connectivity index (χ4n) is 2.05. The van der Waals surface area contributed by atoms with Crippen molar-refractivity contribution in [3.8, 4) is 11.5 Å². The van der Waals surface area contributed by atoms with Gasteiger partial charge < -0.3 is 10.1 Å². The van der Waals surface area contributed by atoms with Crippen molar-refractivity contribution in [3.05, 3.63) is 70.6 Å². The third kappa shape index (κ3) is 4.41. The molecule has 0 saturated heterocycles. The van der Waals surface area contributed by atoms with Crippen LogP contribution in [0.2, 0.25) is 5.02 Å². The summed E-state index contributed by atoms with van der Waals surface area (Å²) in [6.07, 6.45) is 0. The van der Waals surface area contributed by atoms with E-state index in [-0.39, 0.29) is 9.77 Å². The highest BCUT2D eigenvalue weighted by molar-refractivity contribution is 7.91. The second-order valence-corrected chi connectivity index (χ2v) is 8.32. The lowest BCUT2D eigenvalue weighted by molar-refractivity contribution is 0.102. The number of carbonyl (C=O) groups excluding carboxylic acids is 1. The number of hydrogen-bond donors (Lipinski definition) is 2. The maximum absolute atomic E-state index is 12.2. The summed E-state index contributed by atoms with van der Waals surface area (Å²) in [5.41, 5.74) is 0.750. The van der Waals surface area contributed by atoms with E-state index < -0.39 is 15.9 Å². The van der Waals surface area contributed by atoms with Crippen LogP contribution in [0.3, 0.4) is 0 Å². The Morgan fingerprint density at radius 3 is 2.42 bits per heavy atom. The number of sulfonamides is 1. The lowest BCUT2D eigenvalue weighted by Crippen LogP contribution is -2.12. The molecule has 26 heavy (non-hydrogen) atoms. The summed E-state index contributed by atoms with van der Waals surface area (Å²) in [5, 5.41) is 9.64. The van der Waals surface area contributed by atoms with Crippen molar-refractivity contribution >= 4 is 44.6 Å². The van der Waals surface area contributed by atoms with E-state index in [1.807, 2.05) is 6.07 Å². The minimum Gasteiger partial charge on any atom is -0.456 e. The summed E-state index contributed by atoms with van der Waals surface area (Å²) in [5.74, 6) is 0.652. The molecule has 0 unspecified atom stereocenters. The third-order valence-electron chi connectivity index (χ3n) is 3.29. The topological polar surface area (TPSA) is 98.5 Å². The minimum absolute atomic E-state index is 0.0638. The van der Waals surface area contributed by atoms with E-state index in [0.717, 1.165) is 11.3 Å². The van der Waals surface area contributed by atoms with E-state index >= 15 is 0 Å². The molecule has 134 valence electrons. The van der Waals surface area contributed by atoms with E-state index in [1.165, 1.54) is 11.4 Å². The molecule has 3 aromatic rings. The normalized spacial score (nSPS) is 11.2.